The zero-order valence-electron chi connectivity index (χ0n) is 13.0. The van der Waals surface area contributed by atoms with Gasteiger partial charge in [-0.1, -0.05) is 26.0 Å². The number of hydrogen-bond donors (Lipinski definition) is 2. The second-order valence-electron chi connectivity index (χ2n) is 5.56. The number of amides is 1. The van der Waals surface area contributed by atoms with E-state index in [0.717, 1.165) is 12.0 Å². The van der Waals surface area contributed by atoms with E-state index in [1.54, 1.807) is 12.1 Å². The van der Waals surface area contributed by atoms with Crippen LogP contribution in [-0.2, 0) is 11.2 Å². The minimum Gasteiger partial charge on any atom is -0.352 e. The van der Waals surface area contributed by atoms with Crippen LogP contribution in [0.3, 0.4) is 0 Å². The van der Waals surface area contributed by atoms with Gasteiger partial charge in [0.15, 0.2) is 0 Å². The van der Waals surface area contributed by atoms with Crippen molar-refractivity contribution in [2.24, 2.45) is 11.7 Å². The molecule has 0 heterocycles. The van der Waals surface area contributed by atoms with Crippen LogP contribution in [-0.4, -0.2) is 23.4 Å². The summed E-state index contributed by atoms with van der Waals surface area (Å²) in [7, 11) is 0. The topological polar surface area (TPSA) is 98.3 Å². The van der Waals surface area contributed by atoms with E-state index >= 15 is 0 Å². The maximum atomic E-state index is 11.9. The van der Waals surface area contributed by atoms with Gasteiger partial charge in [0.2, 0.25) is 5.91 Å². The fourth-order valence-corrected chi connectivity index (χ4v) is 2.17. The molecule has 6 nitrogen and oxygen atoms in total. The number of hydrogen-bond acceptors (Lipinski definition) is 4. The number of rotatable bonds is 8. The van der Waals surface area contributed by atoms with Gasteiger partial charge in [0, 0.05) is 31.1 Å². The molecule has 22 heavy (non-hydrogen) atoms. The van der Waals surface area contributed by atoms with E-state index in [-0.39, 0.29) is 30.0 Å². The highest BCUT2D eigenvalue weighted by atomic mass is 35.5. The van der Waals surface area contributed by atoms with Crippen LogP contribution in [0.5, 0.6) is 0 Å². The largest absolute Gasteiger partial charge is 0.352 e. The van der Waals surface area contributed by atoms with Crippen molar-refractivity contribution in [3.8, 4) is 0 Å². The van der Waals surface area contributed by atoms with Crippen molar-refractivity contribution in [2.45, 2.75) is 39.2 Å². The fourth-order valence-electron chi connectivity index (χ4n) is 2.17. The first kappa shape index (κ1) is 20.3. The molecule has 0 saturated carbocycles. The number of nitro benzene ring substituents is 1. The highest BCUT2D eigenvalue weighted by Crippen LogP contribution is 2.14. The van der Waals surface area contributed by atoms with Crippen LogP contribution in [0.4, 0.5) is 5.69 Å². The number of aryl methyl sites for hydroxylation is 1. The fraction of sp³-hybridized carbons (Fsp3) is 0.533. The number of nitrogens with zero attached hydrogens (tertiary/aromatic N) is 1. The number of nitrogens with one attached hydrogen (secondary N) is 1. The van der Waals surface area contributed by atoms with Crippen molar-refractivity contribution in [1.82, 2.24) is 5.32 Å². The second-order valence-corrected chi connectivity index (χ2v) is 5.56. The van der Waals surface area contributed by atoms with Crippen LogP contribution in [0.15, 0.2) is 24.3 Å². The number of halogens is 1. The molecule has 0 radical (unpaired) electrons. The van der Waals surface area contributed by atoms with Crippen molar-refractivity contribution in [1.29, 1.82) is 0 Å². The number of carbonyl (C=O) groups excluding carboxylic acids is 1. The minimum atomic E-state index is -0.434. The average molecular weight is 330 g/mol. The van der Waals surface area contributed by atoms with Crippen LogP contribution in [0.2, 0.25) is 0 Å². The summed E-state index contributed by atoms with van der Waals surface area (Å²) in [5.41, 5.74) is 6.47. The van der Waals surface area contributed by atoms with Gasteiger partial charge in [0.1, 0.15) is 0 Å². The zero-order valence-corrected chi connectivity index (χ0v) is 13.8. The standard InChI is InChI=1S/C15H23N3O3.ClH/c1-11(2)8-13(10-16)17-15(19)7-6-12-4-3-5-14(9-12)18(20)21;/h3-5,9,11,13H,6-8,10,16H2,1-2H3,(H,17,19);1H. The molecule has 7 heteroatoms. The molecule has 0 aliphatic heterocycles. The number of carbonyl (C=O) groups is 1. The Kier molecular flexibility index (Phi) is 9.37. The molecule has 0 saturated heterocycles. The van der Waals surface area contributed by atoms with Crippen LogP contribution in [0.25, 0.3) is 0 Å². The molecular formula is C15H24ClN3O3. The quantitative estimate of drug-likeness (QED) is 0.565. The summed E-state index contributed by atoms with van der Waals surface area (Å²) in [5.74, 6) is 0.397. The molecule has 1 aromatic rings. The molecule has 0 aliphatic carbocycles. The Morgan fingerprint density at radius 2 is 2.09 bits per heavy atom. The number of nitro groups is 1. The average Bonchev–Trinajstić information content (AvgIpc) is 2.44. The first-order valence-electron chi connectivity index (χ1n) is 7.15. The van der Waals surface area contributed by atoms with E-state index in [2.05, 4.69) is 19.2 Å². The molecule has 0 fully saturated rings. The molecule has 1 aromatic carbocycles. The van der Waals surface area contributed by atoms with Gasteiger partial charge in [-0.3, -0.25) is 14.9 Å². The van der Waals surface area contributed by atoms with E-state index in [1.165, 1.54) is 12.1 Å². The van der Waals surface area contributed by atoms with Crippen LogP contribution in [0.1, 0.15) is 32.3 Å². The lowest BCUT2D eigenvalue weighted by Crippen LogP contribution is -2.41. The van der Waals surface area contributed by atoms with Gasteiger partial charge >= 0.3 is 0 Å². The van der Waals surface area contributed by atoms with Crippen molar-refractivity contribution < 1.29 is 9.72 Å². The van der Waals surface area contributed by atoms with Crippen LogP contribution >= 0.6 is 12.4 Å². The second kappa shape index (κ2) is 10.1. The normalized spacial score (nSPS) is 11.6. The first-order chi connectivity index (χ1) is 9.92. The van der Waals surface area contributed by atoms with E-state index in [4.69, 9.17) is 5.73 Å². The molecule has 0 bridgehead atoms. The Labute approximate surface area is 137 Å². The lowest BCUT2D eigenvalue weighted by Gasteiger charge is -2.18. The van der Waals surface area contributed by atoms with Crippen molar-refractivity contribution in [3.05, 3.63) is 39.9 Å². The number of nitrogens with two attached hydrogens (primary N) is 1. The van der Waals surface area contributed by atoms with Crippen molar-refractivity contribution in [2.75, 3.05) is 6.54 Å². The number of non-ortho nitro benzene ring substituents is 1. The summed E-state index contributed by atoms with van der Waals surface area (Å²) in [6.45, 7) is 4.58. The van der Waals surface area contributed by atoms with E-state index < -0.39 is 4.92 Å². The van der Waals surface area contributed by atoms with Crippen molar-refractivity contribution in [3.63, 3.8) is 0 Å². The molecule has 1 rings (SSSR count). The van der Waals surface area contributed by atoms with Gasteiger partial charge in [-0.15, -0.1) is 12.4 Å². The molecule has 1 atom stereocenters. The Bertz CT molecular complexity index is 495. The van der Waals surface area contributed by atoms with Gasteiger partial charge in [0.25, 0.3) is 5.69 Å². The molecule has 1 amide bonds. The molecule has 3 N–H and O–H groups in total. The van der Waals surface area contributed by atoms with Crippen LogP contribution in [0, 0.1) is 16.0 Å². The molecule has 0 aromatic heterocycles. The zero-order chi connectivity index (χ0) is 15.8. The number of benzene rings is 1. The molecule has 0 aliphatic rings. The summed E-state index contributed by atoms with van der Waals surface area (Å²) in [6, 6.07) is 6.35. The lowest BCUT2D eigenvalue weighted by molar-refractivity contribution is -0.384. The Balaban J connectivity index is 0.00000441. The minimum absolute atomic E-state index is 0. The SMILES string of the molecule is CC(C)CC(CN)NC(=O)CCc1cccc([N+](=O)[O-])c1.Cl. The first-order valence-corrected chi connectivity index (χ1v) is 7.15. The summed E-state index contributed by atoms with van der Waals surface area (Å²) in [5, 5.41) is 13.6. The predicted octanol–water partition coefficient (Wildman–Crippen LogP) is 2.44. The third-order valence-corrected chi connectivity index (χ3v) is 3.17. The van der Waals surface area contributed by atoms with Crippen LogP contribution < -0.4 is 11.1 Å². The molecule has 1 unspecified atom stereocenters. The summed E-state index contributed by atoms with van der Waals surface area (Å²) >= 11 is 0. The highest BCUT2D eigenvalue weighted by molar-refractivity contribution is 5.85. The maximum Gasteiger partial charge on any atom is 0.269 e. The van der Waals surface area contributed by atoms with E-state index in [1.807, 2.05) is 0 Å². The molecule has 0 spiro atoms. The Hall–Kier alpha value is -1.66. The van der Waals surface area contributed by atoms with E-state index in [9.17, 15) is 14.9 Å². The molecular weight excluding hydrogens is 306 g/mol. The summed E-state index contributed by atoms with van der Waals surface area (Å²) in [4.78, 5) is 22.1. The third kappa shape index (κ3) is 7.38. The molecule has 124 valence electrons. The summed E-state index contributed by atoms with van der Waals surface area (Å²) in [6.07, 6.45) is 1.63. The van der Waals surface area contributed by atoms with Gasteiger partial charge in [-0.25, -0.2) is 0 Å². The summed E-state index contributed by atoms with van der Waals surface area (Å²) < 4.78 is 0. The monoisotopic (exact) mass is 329 g/mol. The van der Waals surface area contributed by atoms with Gasteiger partial charge in [0.05, 0.1) is 4.92 Å². The van der Waals surface area contributed by atoms with Crippen molar-refractivity contribution >= 4 is 24.0 Å². The Morgan fingerprint density at radius 1 is 1.41 bits per heavy atom. The Morgan fingerprint density at radius 3 is 2.64 bits per heavy atom. The van der Waals surface area contributed by atoms with Gasteiger partial charge in [-0.05, 0) is 24.3 Å². The van der Waals surface area contributed by atoms with E-state index in [0.29, 0.717) is 25.3 Å². The third-order valence-electron chi connectivity index (χ3n) is 3.17. The maximum absolute atomic E-state index is 11.9. The smallest absolute Gasteiger partial charge is 0.269 e. The lowest BCUT2D eigenvalue weighted by atomic mass is 10.0. The van der Waals surface area contributed by atoms with Gasteiger partial charge in [-0.2, -0.15) is 0 Å². The van der Waals surface area contributed by atoms with Gasteiger partial charge < -0.3 is 11.1 Å². The highest BCUT2D eigenvalue weighted by Gasteiger charge is 2.13. The predicted molar refractivity (Wildman–Crippen MR) is 89.1 cm³/mol.